The summed E-state index contributed by atoms with van der Waals surface area (Å²) in [5.74, 6) is 0.633. The molecule has 0 aliphatic heterocycles. The zero-order chi connectivity index (χ0) is 15.1. The van der Waals surface area contributed by atoms with Crippen molar-refractivity contribution in [2.45, 2.75) is 19.9 Å². The first-order chi connectivity index (χ1) is 10.0. The Morgan fingerprint density at radius 2 is 2.14 bits per heavy atom. The second-order valence-corrected chi connectivity index (χ2v) is 6.00. The maximum absolute atomic E-state index is 12.5. The van der Waals surface area contributed by atoms with E-state index in [1.807, 2.05) is 28.8 Å². The summed E-state index contributed by atoms with van der Waals surface area (Å²) in [6.45, 7) is 1.96. The Morgan fingerprint density at radius 3 is 2.81 bits per heavy atom. The number of amides is 1. The minimum Gasteiger partial charge on any atom is -0.347 e. The number of carbonyl (C=O) groups excluding carboxylic acids is 1. The second kappa shape index (κ2) is 5.00. The fraction of sp³-hybridized carbons (Fsp3) is 0.357. The Hall–Kier alpha value is -2.15. The quantitative estimate of drug-likeness (QED) is 0.734. The van der Waals surface area contributed by atoms with Gasteiger partial charge in [0.1, 0.15) is 17.9 Å². The highest BCUT2D eigenvalue weighted by atomic mass is 32.1. The van der Waals surface area contributed by atoms with Gasteiger partial charge in [0.2, 0.25) is 5.91 Å². The predicted molar refractivity (Wildman–Crippen MR) is 82.9 cm³/mol. The summed E-state index contributed by atoms with van der Waals surface area (Å²) in [7, 11) is 3.33. The van der Waals surface area contributed by atoms with Gasteiger partial charge in [-0.2, -0.15) is 5.10 Å². The van der Waals surface area contributed by atoms with E-state index in [4.69, 9.17) is 0 Å². The van der Waals surface area contributed by atoms with E-state index in [2.05, 4.69) is 5.10 Å². The van der Waals surface area contributed by atoms with E-state index < -0.39 is 0 Å². The number of rotatable bonds is 3. The molecule has 0 saturated heterocycles. The zero-order valence-electron chi connectivity index (χ0n) is 12.2. The lowest BCUT2D eigenvalue weighted by molar-refractivity contribution is -0.129. The topological polar surface area (TPSA) is 59.6 Å². The third-order valence-corrected chi connectivity index (χ3v) is 4.32. The molecule has 0 fully saturated rings. The van der Waals surface area contributed by atoms with Gasteiger partial charge < -0.3 is 4.90 Å². The van der Waals surface area contributed by atoms with Crippen LogP contribution in [-0.2, 0) is 17.8 Å². The standard InChI is InChI=1S/C14H16N4O2S/c1-4-12-15-17(8-13(19)16(2)3)14(20)10-7-11-9(18(10)12)5-6-21-11/h5-7H,4,8H2,1-3H3. The summed E-state index contributed by atoms with van der Waals surface area (Å²) < 4.78 is 4.21. The first kappa shape index (κ1) is 13.8. The summed E-state index contributed by atoms with van der Waals surface area (Å²) in [6, 6.07) is 3.86. The van der Waals surface area contributed by atoms with Crippen LogP contribution in [-0.4, -0.2) is 39.1 Å². The van der Waals surface area contributed by atoms with Crippen LogP contribution >= 0.6 is 11.3 Å². The first-order valence-electron chi connectivity index (χ1n) is 6.71. The molecule has 110 valence electrons. The smallest absolute Gasteiger partial charge is 0.291 e. The van der Waals surface area contributed by atoms with Gasteiger partial charge in [-0.25, -0.2) is 4.68 Å². The van der Waals surface area contributed by atoms with Crippen molar-refractivity contribution in [2.75, 3.05) is 14.1 Å². The lowest BCUT2D eigenvalue weighted by atomic mass is 10.4. The molecule has 0 saturated carbocycles. The van der Waals surface area contributed by atoms with E-state index in [1.165, 1.54) is 9.58 Å². The number of fused-ring (bicyclic) bond motifs is 3. The largest absolute Gasteiger partial charge is 0.347 e. The Morgan fingerprint density at radius 1 is 1.38 bits per heavy atom. The molecule has 3 rings (SSSR count). The van der Waals surface area contributed by atoms with Gasteiger partial charge in [0.15, 0.2) is 0 Å². The van der Waals surface area contributed by atoms with Gasteiger partial charge >= 0.3 is 0 Å². The van der Waals surface area contributed by atoms with Crippen LogP contribution in [0.15, 0.2) is 22.3 Å². The van der Waals surface area contributed by atoms with Crippen molar-refractivity contribution in [3.63, 3.8) is 0 Å². The Kier molecular flexibility index (Phi) is 3.29. The summed E-state index contributed by atoms with van der Waals surface area (Å²) in [5.41, 5.74) is 1.35. The Bertz CT molecular complexity index is 888. The molecule has 3 aromatic rings. The van der Waals surface area contributed by atoms with Crippen molar-refractivity contribution in [1.82, 2.24) is 19.1 Å². The molecule has 0 spiro atoms. The molecule has 6 nitrogen and oxygen atoms in total. The minimum atomic E-state index is -0.231. The summed E-state index contributed by atoms with van der Waals surface area (Å²) in [4.78, 5) is 25.8. The van der Waals surface area contributed by atoms with Crippen molar-refractivity contribution < 1.29 is 4.79 Å². The molecule has 3 heterocycles. The van der Waals surface area contributed by atoms with E-state index >= 15 is 0 Å². The van der Waals surface area contributed by atoms with E-state index in [-0.39, 0.29) is 18.0 Å². The van der Waals surface area contributed by atoms with E-state index in [0.29, 0.717) is 11.9 Å². The Balaban J connectivity index is 2.26. The van der Waals surface area contributed by atoms with E-state index in [0.717, 1.165) is 16.0 Å². The fourth-order valence-corrected chi connectivity index (χ4v) is 3.13. The van der Waals surface area contributed by atoms with E-state index in [1.54, 1.807) is 25.4 Å². The third-order valence-electron chi connectivity index (χ3n) is 3.47. The zero-order valence-corrected chi connectivity index (χ0v) is 13.0. The van der Waals surface area contributed by atoms with Gasteiger partial charge in [-0.15, -0.1) is 11.3 Å². The number of hydrogen-bond acceptors (Lipinski definition) is 4. The van der Waals surface area contributed by atoms with Crippen molar-refractivity contribution in [1.29, 1.82) is 0 Å². The number of thiophene rings is 1. The molecular weight excluding hydrogens is 288 g/mol. The van der Waals surface area contributed by atoms with Gasteiger partial charge in [-0.3, -0.25) is 14.0 Å². The fourth-order valence-electron chi connectivity index (χ4n) is 2.33. The third kappa shape index (κ3) is 2.13. The normalized spacial score (nSPS) is 11.4. The Labute approximate surface area is 125 Å². The average Bonchev–Trinajstić information content (AvgIpc) is 3.02. The molecule has 0 radical (unpaired) electrons. The molecule has 7 heteroatoms. The lowest BCUT2D eigenvalue weighted by Gasteiger charge is -2.13. The van der Waals surface area contributed by atoms with Gasteiger partial charge in [0.25, 0.3) is 5.56 Å². The number of hydrogen-bond donors (Lipinski definition) is 0. The van der Waals surface area contributed by atoms with E-state index in [9.17, 15) is 9.59 Å². The summed E-state index contributed by atoms with van der Waals surface area (Å²) in [6.07, 6.45) is 0.687. The van der Waals surface area contributed by atoms with Gasteiger partial charge in [-0.05, 0) is 17.5 Å². The minimum absolute atomic E-state index is 0.0336. The molecule has 0 aromatic carbocycles. The maximum Gasteiger partial charge on any atom is 0.291 e. The van der Waals surface area contributed by atoms with Crippen LogP contribution in [0.2, 0.25) is 0 Å². The monoisotopic (exact) mass is 304 g/mol. The van der Waals surface area contributed by atoms with Crippen molar-refractivity contribution in [2.24, 2.45) is 0 Å². The maximum atomic E-state index is 12.5. The van der Waals surface area contributed by atoms with Crippen LogP contribution in [0.1, 0.15) is 12.7 Å². The van der Waals surface area contributed by atoms with Crippen LogP contribution in [0.5, 0.6) is 0 Å². The number of aromatic nitrogens is 3. The highest BCUT2D eigenvalue weighted by molar-refractivity contribution is 7.17. The molecule has 0 unspecified atom stereocenters. The molecule has 0 atom stereocenters. The van der Waals surface area contributed by atoms with Crippen molar-refractivity contribution in [3.05, 3.63) is 33.7 Å². The average molecular weight is 304 g/mol. The van der Waals surface area contributed by atoms with Crippen molar-refractivity contribution >= 4 is 33.0 Å². The lowest BCUT2D eigenvalue weighted by Crippen LogP contribution is -2.34. The SMILES string of the molecule is CCc1nn(CC(=O)N(C)C)c(=O)c2cc3sccc3n12. The molecule has 1 amide bonds. The van der Waals surface area contributed by atoms with Crippen molar-refractivity contribution in [3.8, 4) is 0 Å². The molecule has 0 aliphatic carbocycles. The van der Waals surface area contributed by atoms with Gasteiger partial charge in [-0.1, -0.05) is 6.92 Å². The molecule has 0 aliphatic rings. The predicted octanol–water partition coefficient (Wildman–Crippen LogP) is 1.36. The van der Waals surface area contributed by atoms with Crippen LogP contribution in [0.3, 0.4) is 0 Å². The summed E-state index contributed by atoms with van der Waals surface area (Å²) in [5, 5.41) is 6.37. The van der Waals surface area contributed by atoms with Crippen LogP contribution in [0.25, 0.3) is 15.7 Å². The van der Waals surface area contributed by atoms with Gasteiger partial charge in [0.05, 0.1) is 10.2 Å². The van der Waals surface area contributed by atoms with Gasteiger partial charge in [0, 0.05) is 20.5 Å². The molecule has 0 bridgehead atoms. The number of aryl methyl sites for hydroxylation is 1. The highest BCUT2D eigenvalue weighted by Crippen LogP contribution is 2.24. The van der Waals surface area contributed by atoms with Crippen LogP contribution in [0.4, 0.5) is 0 Å². The second-order valence-electron chi connectivity index (χ2n) is 5.06. The van der Waals surface area contributed by atoms with Crippen LogP contribution < -0.4 is 5.56 Å². The molecule has 3 aromatic heterocycles. The number of nitrogens with zero attached hydrogens (tertiary/aromatic N) is 4. The molecule has 21 heavy (non-hydrogen) atoms. The highest BCUT2D eigenvalue weighted by Gasteiger charge is 2.16. The van der Waals surface area contributed by atoms with Crippen LogP contribution in [0, 0.1) is 0 Å². The molecular formula is C14H16N4O2S. The first-order valence-corrected chi connectivity index (χ1v) is 7.59. The number of likely N-dealkylation sites (N-methyl/N-ethyl adjacent to an activating group) is 1. The summed E-state index contributed by atoms with van der Waals surface area (Å²) >= 11 is 1.59. The number of carbonyl (C=O) groups is 1. The molecule has 0 N–H and O–H groups in total.